The smallest absolute Gasteiger partial charge is 0.260 e. The van der Waals surface area contributed by atoms with Crippen LogP contribution in [0.2, 0.25) is 0 Å². The van der Waals surface area contributed by atoms with Crippen molar-refractivity contribution in [2.24, 2.45) is 0 Å². The quantitative estimate of drug-likeness (QED) is 0.852. The second kappa shape index (κ2) is 6.28. The molecule has 0 saturated carbocycles. The zero-order valence-electron chi connectivity index (χ0n) is 11.0. The van der Waals surface area contributed by atoms with Gasteiger partial charge >= 0.3 is 0 Å². The molecule has 0 fully saturated rings. The third kappa shape index (κ3) is 4.10. The molecule has 0 aliphatic heterocycles. The highest BCUT2D eigenvalue weighted by Gasteiger charge is 2.13. The fourth-order valence-electron chi connectivity index (χ4n) is 1.44. The van der Waals surface area contributed by atoms with E-state index in [1.807, 2.05) is 32.0 Å². The van der Waals surface area contributed by atoms with Crippen LogP contribution in [0, 0.1) is 13.8 Å². The summed E-state index contributed by atoms with van der Waals surface area (Å²) >= 11 is 0. The lowest BCUT2D eigenvalue weighted by Crippen LogP contribution is -2.36. The van der Waals surface area contributed by atoms with Gasteiger partial charge in [0.25, 0.3) is 5.91 Å². The number of carbonyl (C=O) groups is 1. The zero-order valence-corrected chi connectivity index (χ0v) is 11.0. The molecule has 17 heavy (non-hydrogen) atoms. The molecule has 3 heteroatoms. The Bertz CT molecular complexity index is 388. The first-order valence-electron chi connectivity index (χ1n) is 6.06. The number of hydrogen-bond acceptors (Lipinski definition) is 2. The minimum Gasteiger partial charge on any atom is -0.481 e. The number of nitrogens with one attached hydrogen (secondary N) is 1. The fourth-order valence-corrected chi connectivity index (χ4v) is 1.44. The molecule has 0 aliphatic rings. The normalized spacial score (nSPS) is 12.0. The molecule has 1 amide bonds. The standard InChI is InChI=1S/C14H21NO2/c1-5-8-15-14(16)12(4)17-13-7-6-10(2)11(3)9-13/h6-7,9,12H,5,8H2,1-4H3,(H,15,16)/t12-/m1/s1. The van der Waals surface area contributed by atoms with Crippen molar-refractivity contribution in [2.45, 2.75) is 40.2 Å². The Morgan fingerprint density at radius 3 is 2.65 bits per heavy atom. The average Bonchev–Trinajstić information content (AvgIpc) is 2.30. The van der Waals surface area contributed by atoms with Crippen LogP contribution >= 0.6 is 0 Å². The molecular formula is C14H21NO2. The van der Waals surface area contributed by atoms with Crippen molar-refractivity contribution in [1.29, 1.82) is 0 Å². The summed E-state index contributed by atoms with van der Waals surface area (Å²) in [6.45, 7) is 8.56. The van der Waals surface area contributed by atoms with E-state index in [2.05, 4.69) is 12.2 Å². The van der Waals surface area contributed by atoms with Crippen LogP contribution in [0.4, 0.5) is 0 Å². The maximum Gasteiger partial charge on any atom is 0.260 e. The Morgan fingerprint density at radius 2 is 2.06 bits per heavy atom. The lowest BCUT2D eigenvalue weighted by atomic mass is 10.1. The van der Waals surface area contributed by atoms with Crippen LogP contribution in [0.3, 0.4) is 0 Å². The molecule has 94 valence electrons. The van der Waals surface area contributed by atoms with Crippen LogP contribution in [-0.4, -0.2) is 18.6 Å². The van der Waals surface area contributed by atoms with Crippen molar-refractivity contribution in [3.63, 3.8) is 0 Å². The van der Waals surface area contributed by atoms with E-state index < -0.39 is 6.10 Å². The van der Waals surface area contributed by atoms with E-state index in [0.29, 0.717) is 6.54 Å². The summed E-state index contributed by atoms with van der Waals surface area (Å²) in [6, 6.07) is 5.85. The topological polar surface area (TPSA) is 38.3 Å². The third-order valence-electron chi connectivity index (χ3n) is 2.71. The first kappa shape index (κ1) is 13.6. The van der Waals surface area contributed by atoms with E-state index in [1.54, 1.807) is 6.92 Å². The van der Waals surface area contributed by atoms with E-state index in [9.17, 15) is 4.79 Å². The number of aryl methyl sites for hydroxylation is 2. The third-order valence-corrected chi connectivity index (χ3v) is 2.71. The Kier molecular flexibility index (Phi) is 5.01. The van der Waals surface area contributed by atoms with Crippen LogP contribution in [0.5, 0.6) is 5.75 Å². The molecule has 1 N–H and O–H groups in total. The fraction of sp³-hybridized carbons (Fsp3) is 0.500. The summed E-state index contributed by atoms with van der Waals surface area (Å²) in [7, 11) is 0. The van der Waals surface area contributed by atoms with Crippen molar-refractivity contribution in [3.05, 3.63) is 29.3 Å². The summed E-state index contributed by atoms with van der Waals surface area (Å²) < 4.78 is 5.60. The van der Waals surface area contributed by atoms with Gasteiger partial charge in [0.15, 0.2) is 6.10 Å². The van der Waals surface area contributed by atoms with Crippen molar-refractivity contribution in [1.82, 2.24) is 5.32 Å². The second-order valence-corrected chi connectivity index (χ2v) is 4.30. The predicted molar refractivity (Wildman–Crippen MR) is 69.3 cm³/mol. The SMILES string of the molecule is CCCNC(=O)[C@@H](C)Oc1ccc(C)c(C)c1. The molecule has 0 spiro atoms. The minimum atomic E-state index is -0.455. The molecule has 0 aromatic heterocycles. The van der Waals surface area contributed by atoms with Crippen LogP contribution in [0.25, 0.3) is 0 Å². The highest BCUT2D eigenvalue weighted by molar-refractivity contribution is 5.80. The molecule has 1 aromatic carbocycles. The summed E-state index contributed by atoms with van der Waals surface area (Å²) in [6.07, 6.45) is 0.478. The summed E-state index contributed by atoms with van der Waals surface area (Å²) in [5.74, 6) is 0.678. The zero-order chi connectivity index (χ0) is 12.8. The molecule has 0 aliphatic carbocycles. The summed E-state index contributed by atoms with van der Waals surface area (Å²) in [4.78, 5) is 11.6. The van der Waals surface area contributed by atoms with Crippen LogP contribution in [-0.2, 0) is 4.79 Å². The lowest BCUT2D eigenvalue weighted by molar-refractivity contribution is -0.127. The maximum absolute atomic E-state index is 11.6. The van der Waals surface area contributed by atoms with Gasteiger partial charge in [-0.3, -0.25) is 4.79 Å². The molecule has 0 bridgehead atoms. The van der Waals surface area contributed by atoms with E-state index in [1.165, 1.54) is 11.1 Å². The molecule has 3 nitrogen and oxygen atoms in total. The van der Waals surface area contributed by atoms with E-state index in [-0.39, 0.29) is 5.91 Å². The Morgan fingerprint density at radius 1 is 1.35 bits per heavy atom. The van der Waals surface area contributed by atoms with Gasteiger partial charge in [0.1, 0.15) is 5.75 Å². The summed E-state index contributed by atoms with van der Waals surface area (Å²) in [5, 5.41) is 2.81. The van der Waals surface area contributed by atoms with Crippen LogP contribution < -0.4 is 10.1 Å². The summed E-state index contributed by atoms with van der Waals surface area (Å²) in [5.41, 5.74) is 2.39. The monoisotopic (exact) mass is 235 g/mol. The van der Waals surface area contributed by atoms with Gasteiger partial charge < -0.3 is 10.1 Å². The molecule has 1 rings (SSSR count). The number of hydrogen-bond donors (Lipinski definition) is 1. The first-order chi connectivity index (χ1) is 8.04. The van der Waals surface area contributed by atoms with E-state index in [4.69, 9.17) is 4.74 Å². The van der Waals surface area contributed by atoms with Gasteiger partial charge in [-0.25, -0.2) is 0 Å². The second-order valence-electron chi connectivity index (χ2n) is 4.30. The Hall–Kier alpha value is -1.51. The van der Waals surface area contributed by atoms with Crippen molar-refractivity contribution in [3.8, 4) is 5.75 Å². The predicted octanol–water partition coefficient (Wildman–Crippen LogP) is 2.60. The van der Waals surface area contributed by atoms with Gasteiger partial charge in [0.2, 0.25) is 0 Å². The molecule has 0 heterocycles. The molecule has 1 atom stereocenters. The van der Waals surface area contributed by atoms with Gasteiger partial charge in [-0.1, -0.05) is 13.0 Å². The van der Waals surface area contributed by atoms with E-state index in [0.717, 1.165) is 12.2 Å². The van der Waals surface area contributed by atoms with Gasteiger partial charge in [0.05, 0.1) is 0 Å². The van der Waals surface area contributed by atoms with Crippen LogP contribution in [0.15, 0.2) is 18.2 Å². The molecular weight excluding hydrogens is 214 g/mol. The van der Waals surface area contributed by atoms with Gasteiger partial charge in [-0.15, -0.1) is 0 Å². The van der Waals surface area contributed by atoms with Crippen molar-refractivity contribution in [2.75, 3.05) is 6.54 Å². The number of amides is 1. The molecule has 0 unspecified atom stereocenters. The van der Waals surface area contributed by atoms with Gasteiger partial charge in [-0.2, -0.15) is 0 Å². The highest BCUT2D eigenvalue weighted by atomic mass is 16.5. The van der Waals surface area contributed by atoms with Crippen molar-refractivity contribution >= 4 is 5.91 Å². The molecule has 0 saturated heterocycles. The number of ether oxygens (including phenoxy) is 1. The highest BCUT2D eigenvalue weighted by Crippen LogP contribution is 2.17. The van der Waals surface area contributed by atoms with Gasteiger partial charge in [-0.05, 0) is 50.5 Å². The first-order valence-corrected chi connectivity index (χ1v) is 6.06. The molecule has 1 aromatic rings. The molecule has 0 radical (unpaired) electrons. The average molecular weight is 235 g/mol. The number of rotatable bonds is 5. The van der Waals surface area contributed by atoms with Crippen LogP contribution in [0.1, 0.15) is 31.4 Å². The van der Waals surface area contributed by atoms with Crippen molar-refractivity contribution < 1.29 is 9.53 Å². The number of benzene rings is 1. The number of carbonyl (C=O) groups excluding carboxylic acids is 1. The Balaban J connectivity index is 2.58. The van der Waals surface area contributed by atoms with E-state index >= 15 is 0 Å². The maximum atomic E-state index is 11.6. The largest absolute Gasteiger partial charge is 0.481 e. The lowest BCUT2D eigenvalue weighted by Gasteiger charge is -2.15. The minimum absolute atomic E-state index is 0.0647. The Labute approximate surface area is 103 Å². The van der Waals surface area contributed by atoms with Gasteiger partial charge in [0, 0.05) is 6.54 Å².